The molecule has 0 spiro atoms. The van der Waals surface area contributed by atoms with Crippen LogP contribution in [0.4, 0.5) is 0 Å². The van der Waals surface area contributed by atoms with Crippen LogP contribution in [0, 0.1) is 0 Å². The zero-order valence-corrected chi connectivity index (χ0v) is 12.9. The first-order chi connectivity index (χ1) is 10.1. The predicted octanol–water partition coefficient (Wildman–Crippen LogP) is 4.41. The van der Waals surface area contributed by atoms with Crippen molar-refractivity contribution in [2.24, 2.45) is 0 Å². The Morgan fingerprint density at radius 1 is 1.05 bits per heavy atom. The van der Waals surface area contributed by atoms with Gasteiger partial charge in [0.25, 0.3) is 0 Å². The Labute approximate surface area is 128 Å². The standard InChI is InChI=1S/C17H18N2OS/c1-11(13-6-5-7-14(20)10-13)18-12(2)17-19-15-8-3-4-9-16(15)21-17/h3-12,18,20H,1-2H3. The summed E-state index contributed by atoms with van der Waals surface area (Å²) < 4.78 is 1.21. The van der Waals surface area contributed by atoms with Crippen molar-refractivity contribution in [3.8, 4) is 5.75 Å². The van der Waals surface area contributed by atoms with Crippen molar-refractivity contribution >= 4 is 21.6 Å². The van der Waals surface area contributed by atoms with Crippen LogP contribution in [0.25, 0.3) is 10.2 Å². The van der Waals surface area contributed by atoms with E-state index >= 15 is 0 Å². The highest BCUT2D eigenvalue weighted by molar-refractivity contribution is 7.18. The molecule has 1 aromatic heterocycles. The Morgan fingerprint density at radius 3 is 2.62 bits per heavy atom. The molecule has 108 valence electrons. The van der Waals surface area contributed by atoms with Gasteiger partial charge in [0.15, 0.2) is 0 Å². The molecule has 3 aromatic rings. The van der Waals surface area contributed by atoms with E-state index in [9.17, 15) is 5.11 Å². The highest BCUT2D eigenvalue weighted by atomic mass is 32.1. The highest BCUT2D eigenvalue weighted by Crippen LogP contribution is 2.28. The molecule has 3 nitrogen and oxygen atoms in total. The number of nitrogens with one attached hydrogen (secondary N) is 1. The molecule has 3 rings (SSSR count). The maximum Gasteiger partial charge on any atom is 0.115 e. The number of phenols is 1. The van der Waals surface area contributed by atoms with Gasteiger partial charge < -0.3 is 10.4 Å². The minimum atomic E-state index is 0.152. The predicted molar refractivity (Wildman–Crippen MR) is 87.7 cm³/mol. The van der Waals surface area contributed by atoms with Crippen LogP contribution in [0.1, 0.15) is 36.5 Å². The largest absolute Gasteiger partial charge is 0.508 e. The maximum atomic E-state index is 9.57. The van der Waals surface area contributed by atoms with Crippen molar-refractivity contribution in [1.29, 1.82) is 0 Å². The monoisotopic (exact) mass is 298 g/mol. The van der Waals surface area contributed by atoms with Crippen molar-refractivity contribution in [3.63, 3.8) is 0 Å². The van der Waals surface area contributed by atoms with Gasteiger partial charge in [-0.05, 0) is 43.7 Å². The van der Waals surface area contributed by atoms with Gasteiger partial charge in [-0.1, -0.05) is 24.3 Å². The quantitative estimate of drug-likeness (QED) is 0.749. The molecule has 21 heavy (non-hydrogen) atoms. The third-order valence-electron chi connectivity index (χ3n) is 3.55. The number of nitrogens with zero attached hydrogens (tertiary/aromatic N) is 1. The summed E-state index contributed by atoms with van der Waals surface area (Å²) in [6, 6.07) is 15.9. The topological polar surface area (TPSA) is 45.2 Å². The Kier molecular flexibility index (Phi) is 3.90. The van der Waals surface area contributed by atoms with E-state index in [1.54, 1.807) is 23.5 Å². The van der Waals surface area contributed by atoms with Gasteiger partial charge in [-0.15, -0.1) is 11.3 Å². The lowest BCUT2D eigenvalue weighted by molar-refractivity contribution is 0.466. The fourth-order valence-corrected chi connectivity index (χ4v) is 3.39. The number of phenolic OH excluding ortho intramolecular Hbond substituents is 1. The molecule has 2 atom stereocenters. The van der Waals surface area contributed by atoms with Crippen molar-refractivity contribution in [1.82, 2.24) is 10.3 Å². The molecule has 2 N–H and O–H groups in total. The number of hydrogen-bond acceptors (Lipinski definition) is 4. The van der Waals surface area contributed by atoms with Crippen LogP contribution in [0.3, 0.4) is 0 Å². The molecule has 0 radical (unpaired) electrons. The van der Waals surface area contributed by atoms with E-state index in [1.165, 1.54) is 4.70 Å². The van der Waals surface area contributed by atoms with E-state index in [0.717, 1.165) is 16.1 Å². The Balaban J connectivity index is 1.77. The highest BCUT2D eigenvalue weighted by Gasteiger charge is 2.15. The smallest absolute Gasteiger partial charge is 0.115 e. The second kappa shape index (κ2) is 5.84. The van der Waals surface area contributed by atoms with Crippen LogP contribution in [0.15, 0.2) is 48.5 Å². The van der Waals surface area contributed by atoms with Crippen molar-refractivity contribution in [3.05, 3.63) is 59.1 Å². The number of aromatic nitrogens is 1. The minimum absolute atomic E-state index is 0.152. The third kappa shape index (κ3) is 3.06. The molecular weight excluding hydrogens is 280 g/mol. The number of benzene rings is 2. The van der Waals surface area contributed by atoms with E-state index < -0.39 is 0 Å². The van der Waals surface area contributed by atoms with Crippen molar-refractivity contribution in [2.75, 3.05) is 0 Å². The molecule has 2 aromatic carbocycles. The van der Waals surface area contributed by atoms with E-state index in [2.05, 4.69) is 30.2 Å². The van der Waals surface area contributed by atoms with Crippen LogP contribution in [-0.4, -0.2) is 10.1 Å². The van der Waals surface area contributed by atoms with Crippen LogP contribution < -0.4 is 5.32 Å². The van der Waals surface area contributed by atoms with Gasteiger partial charge in [0.2, 0.25) is 0 Å². The number of para-hydroxylation sites is 1. The number of fused-ring (bicyclic) bond motifs is 1. The van der Waals surface area contributed by atoms with E-state index in [0.29, 0.717) is 5.75 Å². The molecule has 0 bridgehead atoms. The van der Waals surface area contributed by atoms with E-state index in [-0.39, 0.29) is 12.1 Å². The summed E-state index contributed by atoms with van der Waals surface area (Å²) in [5, 5.41) is 14.2. The molecule has 1 heterocycles. The molecule has 0 aliphatic rings. The summed E-state index contributed by atoms with van der Waals surface area (Å²) in [7, 11) is 0. The molecule has 0 aliphatic heterocycles. The summed E-state index contributed by atoms with van der Waals surface area (Å²) in [4.78, 5) is 4.68. The minimum Gasteiger partial charge on any atom is -0.508 e. The number of thiazole rings is 1. The Hall–Kier alpha value is -1.91. The molecule has 4 heteroatoms. The first-order valence-corrected chi connectivity index (χ1v) is 7.85. The zero-order chi connectivity index (χ0) is 14.8. The lowest BCUT2D eigenvalue weighted by atomic mass is 10.1. The summed E-state index contributed by atoms with van der Waals surface area (Å²) in [5.41, 5.74) is 2.12. The SMILES string of the molecule is CC(NC(C)c1nc2ccccc2s1)c1cccc(O)c1. The fraction of sp³-hybridized carbons (Fsp3) is 0.235. The number of hydrogen-bond donors (Lipinski definition) is 2. The lowest BCUT2D eigenvalue weighted by Crippen LogP contribution is -2.22. The van der Waals surface area contributed by atoms with Gasteiger partial charge in [0.05, 0.1) is 16.3 Å². The Morgan fingerprint density at radius 2 is 1.86 bits per heavy atom. The summed E-state index contributed by atoms with van der Waals surface area (Å²) >= 11 is 1.72. The lowest BCUT2D eigenvalue weighted by Gasteiger charge is -2.19. The van der Waals surface area contributed by atoms with Crippen LogP contribution in [0.5, 0.6) is 5.75 Å². The first kappa shape index (κ1) is 14.0. The van der Waals surface area contributed by atoms with E-state index in [4.69, 9.17) is 0 Å². The molecule has 0 fully saturated rings. The molecule has 0 saturated carbocycles. The second-order valence-corrected chi connectivity index (χ2v) is 6.29. The van der Waals surface area contributed by atoms with Gasteiger partial charge in [-0.25, -0.2) is 4.98 Å². The van der Waals surface area contributed by atoms with Gasteiger partial charge >= 0.3 is 0 Å². The molecule has 0 saturated heterocycles. The maximum absolute atomic E-state index is 9.57. The Bertz CT molecular complexity index is 720. The molecule has 0 aliphatic carbocycles. The van der Waals surface area contributed by atoms with Crippen molar-refractivity contribution in [2.45, 2.75) is 25.9 Å². The van der Waals surface area contributed by atoms with Crippen LogP contribution in [-0.2, 0) is 0 Å². The first-order valence-electron chi connectivity index (χ1n) is 7.04. The second-order valence-electron chi connectivity index (χ2n) is 5.22. The summed E-state index contributed by atoms with van der Waals surface area (Å²) in [6.45, 7) is 4.22. The summed E-state index contributed by atoms with van der Waals surface area (Å²) in [5.74, 6) is 0.300. The average molecular weight is 298 g/mol. The van der Waals surface area contributed by atoms with Gasteiger partial charge in [0, 0.05) is 6.04 Å². The number of aromatic hydroxyl groups is 1. The normalized spacial score (nSPS) is 14.2. The van der Waals surface area contributed by atoms with Crippen molar-refractivity contribution < 1.29 is 5.11 Å². The average Bonchev–Trinajstić information content (AvgIpc) is 2.91. The zero-order valence-electron chi connectivity index (χ0n) is 12.1. The van der Waals surface area contributed by atoms with Gasteiger partial charge in [-0.3, -0.25) is 0 Å². The van der Waals surface area contributed by atoms with Crippen LogP contribution in [0.2, 0.25) is 0 Å². The van der Waals surface area contributed by atoms with Gasteiger partial charge in [-0.2, -0.15) is 0 Å². The molecular formula is C17H18N2OS. The summed E-state index contributed by atoms with van der Waals surface area (Å²) in [6.07, 6.45) is 0. The number of rotatable bonds is 4. The fourth-order valence-electron chi connectivity index (χ4n) is 2.41. The molecule has 2 unspecified atom stereocenters. The van der Waals surface area contributed by atoms with E-state index in [1.807, 2.05) is 30.3 Å². The third-order valence-corrected chi connectivity index (χ3v) is 4.77. The van der Waals surface area contributed by atoms with Crippen LogP contribution >= 0.6 is 11.3 Å². The van der Waals surface area contributed by atoms with Gasteiger partial charge in [0.1, 0.15) is 10.8 Å². The molecule has 0 amide bonds.